The number of primary sulfonamides is 1. The second kappa shape index (κ2) is 5.43. The number of aromatic amines is 1. The third-order valence-electron chi connectivity index (χ3n) is 2.62. The van der Waals surface area contributed by atoms with Crippen molar-refractivity contribution >= 4 is 21.6 Å². The van der Waals surface area contributed by atoms with Gasteiger partial charge in [-0.1, -0.05) is 17.7 Å². The molecule has 0 unspecified atom stereocenters. The van der Waals surface area contributed by atoms with Gasteiger partial charge in [-0.05, 0) is 17.7 Å². The third kappa shape index (κ3) is 3.38. The Labute approximate surface area is 122 Å². The first-order valence-corrected chi connectivity index (χ1v) is 7.41. The van der Waals surface area contributed by atoms with Gasteiger partial charge in [0.25, 0.3) is 5.56 Å². The first kappa shape index (κ1) is 15.4. The van der Waals surface area contributed by atoms with E-state index in [1.807, 2.05) is 4.98 Å². The van der Waals surface area contributed by atoms with Crippen LogP contribution in [-0.4, -0.2) is 18.0 Å². The molecule has 0 atom stereocenters. The molecule has 2 aromatic rings. The van der Waals surface area contributed by atoms with E-state index in [-0.39, 0.29) is 11.6 Å². The second-order valence-electron chi connectivity index (χ2n) is 4.17. The zero-order chi connectivity index (χ0) is 15.8. The topological polar surface area (TPSA) is 115 Å². The molecule has 0 radical (unpaired) electrons. The van der Waals surface area contributed by atoms with E-state index in [1.165, 1.54) is 12.1 Å². The van der Waals surface area contributed by atoms with Crippen molar-refractivity contribution in [3.8, 4) is 0 Å². The van der Waals surface area contributed by atoms with Crippen LogP contribution in [-0.2, 0) is 16.6 Å². The predicted molar refractivity (Wildman–Crippen MR) is 73.2 cm³/mol. The van der Waals surface area contributed by atoms with Gasteiger partial charge in [-0.2, -0.15) is 0 Å². The molecule has 0 aliphatic heterocycles. The zero-order valence-electron chi connectivity index (χ0n) is 10.3. The van der Waals surface area contributed by atoms with Crippen LogP contribution in [0.15, 0.2) is 38.9 Å². The number of nitrogens with one attached hydrogen (secondary N) is 1. The van der Waals surface area contributed by atoms with E-state index in [9.17, 15) is 22.4 Å². The molecule has 0 aliphatic carbocycles. The van der Waals surface area contributed by atoms with Crippen LogP contribution in [0.5, 0.6) is 0 Å². The van der Waals surface area contributed by atoms with Crippen LogP contribution in [0.4, 0.5) is 4.39 Å². The van der Waals surface area contributed by atoms with Gasteiger partial charge in [-0.25, -0.2) is 22.7 Å². The smallest absolute Gasteiger partial charge is 0.295 e. The van der Waals surface area contributed by atoms with Crippen LogP contribution in [0.25, 0.3) is 0 Å². The summed E-state index contributed by atoms with van der Waals surface area (Å²) >= 11 is 5.53. The number of nitrogens with zero attached hydrogens (tertiary/aromatic N) is 1. The van der Waals surface area contributed by atoms with Crippen LogP contribution < -0.4 is 16.4 Å². The van der Waals surface area contributed by atoms with Crippen LogP contribution in [0, 0.1) is 5.82 Å². The molecule has 2 rings (SSSR count). The fourth-order valence-corrected chi connectivity index (χ4v) is 2.35. The summed E-state index contributed by atoms with van der Waals surface area (Å²) in [5, 5.41) is 4.79. The Kier molecular flexibility index (Phi) is 3.99. The maximum atomic E-state index is 13.3. The summed E-state index contributed by atoms with van der Waals surface area (Å²) in [7, 11) is -4.28. The average Bonchev–Trinajstić information content (AvgIpc) is 2.35. The summed E-state index contributed by atoms with van der Waals surface area (Å²) in [6, 6.07) is 3.85. The van der Waals surface area contributed by atoms with Crippen molar-refractivity contribution < 1.29 is 12.8 Å². The number of rotatable bonds is 3. The minimum Gasteiger partial charge on any atom is -0.295 e. The highest BCUT2D eigenvalue weighted by atomic mass is 35.5. The van der Waals surface area contributed by atoms with Gasteiger partial charge >= 0.3 is 5.69 Å². The van der Waals surface area contributed by atoms with Crippen LogP contribution in [0.3, 0.4) is 0 Å². The zero-order valence-corrected chi connectivity index (χ0v) is 11.9. The number of H-pyrrole nitrogens is 1. The summed E-state index contributed by atoms with van der Waals surface area (Å²) in [6.45, 7) is -0.160. The fourth-order valence-electron chi connectivity index (χ4n) is 1.64. The van der Waals surface area contributed by atoms with Gasteiger partial charge in [0.15, 0.2) is 4.90 Å². The Morgan fingerprint density at radius 2 is 2.00 bits per heavy atom. The lowest BCUT2D eigenvalue weighted by Gasteiger charge is -2.07. The molecule has 0 aliphatic rings. The summed E-state index contributed by atoms with van der Waals surface area (Å²) in [5.41, 5.74) is -1.60. The molecule has 0 bridgehead atoms. The molecule has 0 saturated carbocycles. The lowest BCUT2D eigenvalue weighted by atomic mass is 10.2. The fraction of sp³-hybridized carbons (Fsp3) is 0.0909. The number of nitrogens with two attached hydrogens (primary N) is 1. The molecule has 10 heteroatoms. The van der Waals surface area contributed by atoms with Gasteiger partial charge in [0, 0.05) is 6.20 Å². The highest BCUT2D eigenvalue weighted by molar-refractivity contribution is 7.89. The summed E-state index contributed by atoms with van der Waals surface area (Å²) < 4.78 is 36.7. The number of hydrogen-bond acceptors (Lipinski definition) is 4. The SMILES string of the molecule is NS(=O)(=O)c1cn(Cc2ccc(Cl)c(F)c2)c(=O)[nH]c1=O. The molecular formula is C11H9ClFN3O4S. The maximum Gasteiger partial charge on any atom is 0.328 e. The Hall–Kier alpha value is -1.97. The lowest BCUT2D eigenvalue weighted by Crippen LogP contribution is -2.34. The van der Waals surface area contributed by atoms with E-state index in [2.05, 4.69) is 0 Å². The van der Waals surface area contributed by atoms with Gasteiger partial charge < -0.3 is 0 Å². The molecule has 0 fully saturated rings. The Balaban J connectivity index is 2.52. The van der Waals surface area contributed by atoms with Crippen LogP contribution >= 0.6 is 11.6 Å². The molecule has 1 aromatic heterocycles. The van der Waals surface area contributed by atoms with E-state index in [4.69, 9.17) is 16.7 Å². The number of hydrogen-bond donors (Lipinski definition) is 2. The van der Waals surface area contributed by atoms with Crippen molar-refractivity contribution in [2.75, 3.05) is 0 Å². The van der Waals surface area contributed by atoms with E-state index in [0.29, 0.717) is 5.56 Å². The number of benzene rings is 1. The number of aromatic nitrogens is 2. The summed E-state index contributed by atoms with van der Waals surface area (Å²) in [6.07, 6.45) is 0.809. The highest BCUT2D eigenvalue weighted by Crippen LogP contribution is 2.16. The maximum absolute atomic E-state index is 13.3. The van der Waals surface area contributed by atoms with Crippen molar-refractivity contribution in [1.29, 1.82) is 0 Å². The highest BCUT2D eigenvalue weighted by Gasteiger charge is 2.15. The molecule has 1 aromatic carbocycles. The molecule has 0 amide bonds. The van der Waals surface area contributed by atoms with Crippen LogP contribution in [0.1, 0.15) is 5.56 Å². The Morgan fingerprint density at radius 1 is 1.33 bits per heavy atom. The summed E-state index contributed by atoms with van der Waals surface area (Å²) in [4.78, 5) is 24.1. The monoisotopic (exact) mass is 333 g/mol. The van der Waals surface area contributed by atoms with Gasteiger partial charge in [0.05, 0.1) is 11.6 Å². The number of halogens is 2. The molecule has 0 spiro atoms. The van der Waals surface area contributed by atoms with Crippen molar-refractivity contribution in [1.82, 2.24) is 9.55 Å². The Bertz CT molecular complexity index is 920. The van der Waals surface area contributed by atoms with Gasteiger partial charge in [0.1, 0.15) is 5.82 Å². The average molecular weight is 334 g/mol. The first-order valence-electron chi connectivity index (χ1n) is 5.49. The van der Waals surface area contributed by atoms with Gasteiger partial charge in [-0.3, -0.25) is 14.3 Å². The number of sulfonamides is 1. The van der Waals surface area contributed by atoms with Crippen molar-refractivity contribution in [3.05, 3.63) is 61.6 Å². The molecule has 21 heavy (non-hydrogen) atoms. The quantitative estimate of drug-likeness (QED) is 0.824. The van der Waals surface area contributed by atoms with E-state index in [1.54, 1.807) is 0 Å². The van der Waals surface area contributed by atoms with Crippen molar-refractivity contribution in [2.45, 2.75) is 11.4 Å². The molecule has 7 nitrogen and oxygen atoms in total. The third-order valence-corrected chi connectivity index (χ3v) is 3.83. The minimum atomic E-state index is -4.28. The second-order valence-corrected chi connectivity index (χ2v) is 6.11. The molecule has 0 saturated heterocycles. The largest absolute Gasteiger partial charge is 0.328 e. The van der Waals surface area contributed by atoms with Crippen LogP contribution in [0.2, 0.25) is 5.02 Å². The Morgan fingerprint density at radius 3 is 2.57 bits per heavy atom. The molecule has 112 valence electrons. The molecule has 3 N–H and O–H groups in total. The molecular weight excluding hydrogens is 325 g/mol. The van der Waals surface area contributed by atoms with Crippen molar-refractivity contribution in [3.63, 3.8) is 0 Å². The summed E-state index contributed by atoms with van der Waals surface area (Å²) in [5.74, 6) is -0.682. The van der Waals surface area contributed by atoms with Crippen molar-refractivity contribution in [2.24, 2.45) is 5.14 Å². The molecule has 1 heterocycles. The van der Waals surface area contributed by atoms with Gasteiger partial charge in [0.2, 0.25) is 10.0 Å². The standard InChI is InChI=1S/C11H9ClFN3O4S/c12-7-2-1-6(3-8(7)13)4-16-5-9(21(14,19)20)10(17)15-11(16)18/h1-3,5H,4H2,(H2,14,19,20)(H,15,17,18). The van der Waals surface area contributed by atoms with E-state index < -0.39 is 32.0 Å². The first-order chi connectivity index (χ1) is 9.68. The van der Waals surface area contributed by atoms with E-state index in [0.717, 1.165) is 16.8 Å². The van der Waals surface area contributed by atoms with E-state index >= 15 is 0 Å². The van der Waals surface area contributed by atoms with Gasteiger partial charge in [-0.15, -0.1) is 0 Å². The predicted octanol–water partition coefficient (Wildman–Crippen LogP) is 0.0248. The normalized spacial score (nSPS) is 11.6. The lowest BCUT2D eigenvalue weighted by molar-refractivity contribution is 0.590. The minimum absolute atomic E-state index is 0.0854.